The highest BCUT2D eigenvalue weighted by Gasteiger charge is 2.31. The van der Waals surface area contributed by atoms with Crippen molar-refractivity contribution < 1.29 is 19.1 Å². The molecule has 0 aromatic carbocycles. The van der Waals surface area contributed by atoms with Gasteiger partial charge in [0.2, 0.25) is 5.78 Å². The number of esters is 1. The van der Waals surface area contributed by atoms with Crippen molar-refractivity contribution in [1.82, 2.24) is 0 Å². The Labute approximate surface area is 299 Å². The smallest absolute Gasteiger partial charge is 0.316 e. The third-order valence-corrected chi connectivity index (χ3v) is 9.47. The van der Waals surface area contributed by atoms with Gasteiger partial charge in [-0.25, -0.2) is 0 Å². The van der Waals surface area contributed by atoms with E-state index in [0.717, 1.165) is 83.5 Å². The Bertz CT molecular complexity index is 796. The average molecular weight is 673 g/mol. The lowest BCUT2D eigenvalue weighted by Gasteiger charge is -2.15. The largest absolute Gasteiger partial charge is 0.465 e. The van der Waals surface area contributed by atoms with Gasteiger partial charge in [0, 0.05) is 6.42 Å². The number of unbranched alkanes of at least 4 members (excludes halogenated alkanes) is 22. The summed E-state index contributed by atoms with van der Waals surface area (Å²) in [5.41, 5.74) is 0. The van der Waals surface area contributed by atoms with Crippen molar-refractivity contribution in [2.45, 2.75) is 220 Å². The molecule has 0 saturated carbocycles. The lowest BCUT2D eigenvalue weighted by Crippen LogP contribution is -2.32. The highest BCUT2D eigenvalue weighted by atomic mass is 16.5. The lowest BCUT2D eigenvalue weighted by molar-refractivity contribution is -0.155. The van der Waals surface area contributed by atoms with Gasteiger partial charge in [-0.2, -0.15) is 0 Å². The predicted molar refractivity (Wildman–Crippen MR) is 207 cm³/mol. The molecule has 0 saturated heterocycles. The number of carbonyl (C=O) groups is 3. The molecule has 1 atom stereocenters. The van der Waals surface area contributed by atoms with Crippen LogP contribution in [0.15, 0.2) is 24.3 Å². The molecule has 0 aromatic heterocycles. The fraction of sp³-hybridized carbons (Fsp3) is 0.841. The Morgan fingerprint density at radius 3 is 1.35 bits per heavy atom. The molecule has 0 radical (unpaired) electrons. The van der Waals surface area contributed by atoms with Crippen molar-refractivity contribution in [3.05, 3.63) is 24.3 Å². The van der Waals surface area contributed by atoms with E-state index in [0.29, 0.717) is 18.9 Å². The van der Waals surface area contributed by atoms with Crippen LogP contribution in [0.1, 0.15) is 220 Å². The van der Waals surface area contributed by atoms with Crippen molar-refractivity contribution in [3.8, 4) is 0 Å². The zero-order valence-corrected chi connectivity index (χ0v) is 32.5. The molecule has 0 amide bonds. The van der Waals surface area contributed by atoms with E-state index in [2.05, 4.69) is 52.0 Å². The second kappa shape index (κ2) is 36.6. The molecule has 0 aliphatic carbocycles. The Kier molecular flexibility index (Phi) is 35.3. The number of carbonyl (C=O) groups excluding carboxylic acids is 3. The Morgan fingerprint density at radius 1 is 0.479 bits per heavy atom. The van der Waals surface area contributed by atoms with E-state index in [-0.39, 0.29) is 12.2 Å². The van der Waals surface area contributed by atoms with E-state index >= 15 is 0 Å². The number of hydrogen-bond acceptors (Lipinski definition) is 4. The minimum Gasteiger partial charge on any atom is -0.465 e. The number of ketones is 2. The molecule has 0 aliphatic heterocycles. The quantitative estimate of drug-likeness (QED) is 0.0217. The first-order valence-corrected chi connectivity index (χ1v) is 21.0. The summed E-state index contributed by atoms with van der Waals surface area (Å²) in [6.07, 6.45) is 42.5. The van der Waals surface area contributed by atoms with Gasteiger partial charge in [0.15, 0.2) is 5.78 Å². The van der Waals surface area contributed by atoms with Crippen LogP contribution in [0.2, 0.25) is 0 Å². The van der Waals surface area contributed by atoms with E-state index < -0.39 is 17.7 Å². The molecule has 0 heterocycles. The number of rotatable bonds is 37. The molecular formula is C44H80O4. The standard InChI is InChI=1S/C44H80O4/c1-5-7-9-11-13-15-17-19-21-23-25-27-29-33-37-41(44(47)48-39-35-31-32-36-40(3)4)43(46)42(45)38-34-30-28-26-24-22-20-18-16-14-12-10-8-6-2/h19-22,40-41H,5-18,23-39H2,1-4H3/b21-19-,22-20-. The molecule has 4 nitrogen and oxygen atoms in total. The predicted octanol–water partition coefficient (Wildman–Crippen LogP) is 13.8. The molecule has 0 aliphatic rings. The van der Waals surface area contributed by atoms with Gasteiger partial charge < -0.3 is 4.74 Å². The number of Topliss-reactive ketones (excluding diaryl/α,β-unsaturated/α-hetero) is 2. The molecule has 0 bridgehead atoms. The van der Waals surface area contributed by atoms with E-state index in [4.69, 9.17) is 4.74 Å². The molecular weight excluding hydrogens is 592 g/mol. The molecule has 280 valence electrons. The van der Waals surface area contributed by atoms with Crippen LogP contribution in [0.5, 0.6) is 0 Å². The van der Waals surface area contributed by atoms with Gasteiger partial charge in [-0.05, 0) is 76.5 Å². The fourth-order valence-electron chi connectivity index (χ4n) is 6.20. The van der Waals surface area contributed by atoms with Crippen molar-refractivity contribution in [2.75, 3.05) is 6.61 Å². The Hall–Kier alpha value is -1.71. The first kappa shape index (κ1) is 46.3. The summed E-state index contributed by atoms with van der Waals surface area (Å²) in [5.74, 6) is -1.64. The first-order chi connectivity index (χ1) is 23.4. The highest BCUT2D eigenvalue weighted by molar-refractivity contribution is 6.41. The minimum atomic E-state index is -0.929. The topological polar surface area (TPSA) is 60.4 Å². The maximum absolute atomic E-state index is 13.2. The van der Waals surface area contributed by atoms with Gasteiger partial charge in [-0.1, -0.05) is 168 Å². The second-order valence-electron chi connectivity index (χ2n) is 14.8. The molecule has 48 heavy (non-hydrogen) atoms. The molecule has 1 unspecified atom stereocenters. The van der Waals surface area contributed by atoms with E-state index in [1.54, 1.807) is 0 Å². The van der Waals surface area contributed by atoms with Gasteiger partial charge in [0.05, 0.1) is 6.61 Å². The van der Waals surface area contributed by atoms with Crippen LogP contribution in [0, 0.1) is 11.8 Å². The summed E-state index contributed by atoms with van der Waals surface area (Å²) in [6, 6.07) is 0. The summed E-state index contributed by atoms with van der Waals surface area (Å²) < 4.78 is 5.55. The Morgan fingerprint density at radius 2 is 0.875 bits per heavy atom. The molecule has 4 heteroatoms. The average Bonchev–Trinajstić information content (AvgIpc) is 3.07. The van der Waals surface area contributed by atoms with E-state index in [1.165, 1.54) is 96.3 Å². The van der Waals surface area contributed by atoms with Crippen molar-refractivity contribution in [1.29, 1.82) is 0 Å². The van der Waals surface area contributed by atoms with Crippen LogP contribution in [0.4, 0.5) is 0 Å². The summed E-state index contributed by atoms with van der Waals surface area (Å²) in [5, 5.41) is 0. The zero-order valence-electron chi connectivity index (χ0n) is 32.5. The van der Waals surface area contributed by atoms with Gasteiger partial charge >= 0.3 is 5.97 Å². The second-order valence-corrected chi connectivity index (χ2v) is 14.8. The zero-order chi connectivity index (χ0) is 35.3. The van der Waals surface area contributed by atoms with Crippen LogP contribution in [-0.2, 0) is 19.1 Å². The molecule has 0 aromatic rings. The molecule has 0 spiro atoms. The van der Waals surface area contributed by atoms with Gasteiger partial charge in [0.1, 0.15) is 5.92 Å². The normalized spacial score (nSPS) is 12.4. The summed E-state index contributed by atoms with van der Waals surface area (Å²) in [6.45, 7) is 9.29. The molecule has 0 N–H and O–H groups in total. The van der Waals surface area contributed by atoms with Crippen LogP contribution in [0.25, 0.3) is 0 Å². The third kappa shape index (κ3) is 31.6. The SMILES string of the molecule is CCCCCCCC/C=C\CCCCCCC(=O)C(=O)C(CCCCCC/C=C\CCCCCCCC)C(=O)OCCCCCC(C)C. The van der Waals surface area contributed by atoms with Crippen LogP contribution >= 0.6 is 0 Å². The van der Waals surface area contributed by atoms with Crippen molar-refractivity contribution in [3.63, 3.8) is 0 Å². The third-order valence-electron chi connectivity index (χ3n) is 9.47. The van der Waals surface area contributed by atoms with E-state index in [1.807, 2.05) is 0 Å². The van der Waals surface area contributed by atoms with Gasteiger partial charge in [-0.15, -0.1) is 0 Å². The maximum atomic E-state index is 13.2. The van der Waals surface area contributed by atoms with Crippen LogP contribution in [0.3, 0.4) is 0 Å². The highest BCUT2D eigenvalue weighted by Crippen LogP contribution is 2.18. The monoisotopic (exact) mass is 673 g/mol. The summed E-state index contributed by atoms with van der Waals surface area (Å²) in [7, 11) is 0. The lowest BCUT2D eigenvalue weighted by atomic mass is 9.92. The number of allylic oxidation sites excluding steroid dienone is 4. The summed E-state index contributed by atoms with van der Waals surface area (Å²) >= 11 is 0. The van der Waals surface area contributed by atoms with Gasteiger partial charge in [-0.3, -0.25) is 14.4 Å². The van der Waals surface area contributed by atoms with Crippen LogP contribution < -0.4 is 0 Å². The van der Waals surface area contributed by atoms with Crippen molar-refractivity contribution in [2.24, 2.45) is 11.8 Å². The molecule has 0 fully saturated rings. The minimum absolute atomic E-state index is 0.247. The van der Waals surface area contributed by atoms with E-state index in [9.17, 15) is 14.4 Å². The number of ether oxygens (including phenoxy) is 1. The van der Waals surface area contributed by atoms with Crippen molar-refractivity contribution >= 4 is 17.5 Å². The van der Waals surface area contributed by atoms with Gasteiger partial charge in [0.25, 0.3) is 0 Å². The fourth-order valence-corrected chi connectivity index (χ4v) is 6.20. The first-order valence-electron chi connectivity index (χ1n) is 21.0. The molecule has 0 rings (SSSR count). The van der Waals surface area contributed by atoms with Crippen LogP contribution in [-0.4, -0.2) is 24.1 Å². The Balaban J connectivity index is 4.39. The summed E-state index contributed by atoms with van der Waals surface area (Å²) in [4.78, 5) is 39.0. The maximum Gasteiger partial charge on any atom is 0.316 e. The number of hydrogen-bond donors (Lipinski definition) is 0.